The number of carbonyl (C=O) groups is 2. The molecule has 0 radical (unpaired) electrons. The molecule has 1 aliphatic carbocycles. The van der Waals surface area contributed by atoms with Crippen molar-refractivity contribution >= 4 is 63.1 Å². The van der Waals surface area contributed by atoms with Crippen molar-refractivity contribution in [2.75, 3.05) is 11.1 Å². The number of halogens is 2. The molecule has 0 saturated heterocycles. The Hall–Kier alpha value is -2.58. The van der Waals surface area contributed by atoms with Crippen molar-refractivity contribution in [2.45, 2.75) is 65.1 Å². The maximum atomic E-state index is 12.9. The van der Waals surface area contributed by atoms with Crippen LogP contribution in [0.5, 0.6) is 0 Å². The second-order valence-electron chi connectivity index (χ2n) is 11.7. The van der Waals surface area contributed by atoms with E-state index in [9.17, 15) is 14.9 Å². The molecule has 1 aliphatic rings. The largest absolute Gasteiger partial charge is 0.342 e. The molecule has 4 rings (SSSR count). The highest BCUT2D eigenvalue weighted by atomic mass is 35.5. The first kappa shape index (κ1) is 31.4. The predicted molar refractivity (Wildman–Crippen MR) is 166 cm³/mol. The Morgan fingerprint density at radius 3 is 2.61 bits per heavy atom. The molecule has 0 spiro atoms. The molecule has 2 amide bonds. The van der Waals surface area contributed by atoms with Crippen molar-refractivity contribution in [3.63, 3.8) is 0 Å². The molecule has 0 aliphatic heterocycles. The lowest BCUT2D eigenvalue weighted by molar-refractivity contribution is -0.113. The lowest BCUT2D eigenvalue weighted by atomic mass is 9.72. The Kier molecular flexibility index (Phi) is 9.74. The minimum absolute atomic E-state index is 0.0120. The van der Waals surface area contributed by atoms with Gasteiger partial charge < -0.3 is 15.2 Å². The monoisotopic (exact) mass is 632 g/mol. The Labute approximate surface area is 259 Å². The first-order valence-electron chi connectivity index (χ1n) is 13.4. The van der Waals surface area contributed by atoms with Crippen molar-refractivity contribution in [1.82, 2.24) is 20.1 Å². The number of thioether (sulfide) groups is 1. The van der Waals surface area contributed by atoms with E-state index in [1.807, 2.05) is 20.9 Å². The van der Waals surface area contributed by atoms with Gasteiger partial charge in [0, 0.05) is 17.5 Å². The summed E-state index contributed by atoms with van der Waals surface area (Å²) in [6.07, 6.45) is 2.84. The molecule has 0 fully saturated rings. The molecule has 2 aromatic heterocycles. The summed E-state index contributed by atoms with van der Waals surface area (Å²) in [4.78, 5) is 27.1. The van der Waals surface area contributed by atoms with Crippen LogP contribution in [-0.4, -0.2) is 32.3 Å². The molecular formula is C29H34Cl2N6O2S2. The summed E-state index contributed by atoms with van der Waals surface area (Å²) >= 11 is 14.9. The van der Waals surface area contributed by atoms with E-state index in [-0.39, 0.29) is 28.9 Å². The summed E-state index contributed by atoms with van der Waals surface area (Å²) in [5, 5.41) is 26.3. The molecule has 3 aromatic rings. The second-order valence-corrected chi connectivity index (χ2v) is 14.5. The van der Waals surface area contributed by atoms with E-state index in [2.05, 4.69) is 47.7 Å². The van der Waals surface area contributed by atoms with E-state index in [1.54, 1.807) is 16.7 Å². The van der Waals surface area contributed by atoms with Crippen LogP contribution in [0.25, 0.3) is 0 Å². The molecule has 2 heterocycles. The average molecular weight is 634 g/mol. The molecular weight excluding hydrogens is 599 g/mol. The number of thiophene rings is 1. The van der Waals surface area contributed by atoms with Gasteiger partial charge in [0.05, 0.1) is 27.4 Å². The van der Waals surface area contributed by atoms with Crippen molar-refractivity contribution in [1.29, 1.82) is 5.26 Å². The Balaban J connectivity index is 1.42. The third kappa shape index (κ3) is 7.08. The van der Waals surface area contributed by atoms with Crippen LogP contribution < -0.4 is 10.6 Å². The number of amides is 2. The zero-order chi connectivity index (χ0) is 30.1. The quantitative estimate of drug-likeness (QED) is 0.257. The number of carbonyl (C=O) groups excluding carboxylic acids is 2. The molecule has 2 N–H and O–H groups in total. The summed E-state index contributed by atoms with van der Waals surface area (Å²) < 4.78 is 1.79. The van der Waals surface area contributed by atoms with Crippen LogP contribution in [0.4, 0.5) is 5.00 Å². The lowest BCUT2D eigenvalue weighted by Crippen LogP contribution is -2.33. The van der Waals surface area contributed by atoms with Gasteiger partial charge in [0.25, 0.3) is 5.91 Å². The number of nitrogens with zero attached hydrogens (tertiary/aromatic N) is 4. The molecule has 0 unspecified atom stereocenters. The summed E-state index contributed by atoms with van der Waals surface area (Å²) in [6, 6.07) is 6.61. The summed E-state index contributed by atoms with van der Waals surface area (Å²) in [5.41, 5.74) is 2.26. The summed E-state index contributed by atoms with van der Waals surface area (Å²) in [6.45, 7) is 10.7. The minimum Gasteiger partial charge on any atom is -0.342 e. The SMILES string of the molecule is CC(C)[C@@H](NC(=O)c1ccc(Cl)c(Cl)c1)c1nnc(SCC(=O)Nc2sc3c(c2C#N)CC[C@@H](C(C)(C)C)C3)n1C. The van der Waals surface area contributed by atoms with Gasteiger partial charge in [-0.15, -0.1) is 21.5 Å². The van der Waals surface area contributed by atoms with Gasteiger partial charge in [-0.3, -0.25) is 9.59 Å². The van der Waals surface area contributed by atoms with Crippen molar-refractivity contribution < 1.29 is 9.59 Å². The maximum absolute atomic E-state index is 12.9. The van der Waals surface area contributed by atoms with Crippen LogP contribution in [0.15, 0.2) is 23.4 Å². The van der Waals surface area contributed by atoms with Crippen LogP contribution in [0.2, 0.25) is 10.0 Å². The second kappa shape index (κ2) is 12.7. The van der Waals surface area contributed by atoms with Gasteiger partial charge in [0.1, 0.15) is 11.1 Å². The van der Waals surface area contributed by atoms with E-state index >= 15 is 0 Å². The molecule has 2 atom stereocenters. The standard InChI is InChI=1S/C29H34Cl2N6O2S2/c1-15(2)24(34-26(39)16-7-10-20(30)21(31)11-16)25-35-36-28(37(25)6)40-14-23(38)33-27-19(13-32)18-9-8-17(29(3,4)5)12-22(18)41-27/h7,10-11,15,17,24H,8-9,12,14H2,1-6H3,(H,33,38)(H,34,39)/t17-,24-/m1/s1. The molecule has 1 aromatic carbocycles. The molecule has 0 bridgehead atoms. The van der Waals surface area contributed by atoms with E-state index in [4.69, 9.17) is 23.2 Å². The fraction of sp³-hybridized carbons (Fsp3) is 0.483. The van der Waals surface area contributed by atoms with E-state index in [1.165, 1.54) is 34.0 Å². The third-order valence-electron chi connectivity index (χ3n) is 7.47. The molecule has 0 saturated carbocycles. The third-order valence-corrected chi connectivity index (χ3v) is 10.4. The van der Waals surface area contributed by atoms with Gasteiger partial charge in [-0.1, -0.05) is 69.6 Å². The highest BCUT2D eigenvalue weighted by molar-refractivity contribution is 7.99. The number of nitrogens with one attached hydrogen (secondary N) is 2. The van der Waals surface area contributed by atoms with Gasteiger partial charge in [0.2, 0.25) is 5.91 Å². The van der Waals surface area contributed by atoms with Gasteiger partial charge in [0.15, 0.2) is 11.0 Å². The van der Waals surface area contributed by atoms with Crippen molar-refractivity contribution in [2.24, 2.45) is 24.3 Å². The zero-order valence-corrected chi connectivity index (χ0v) is 27.1. The van der Waals surface area contributed by atoms with Crippen molar-refractivity contribution in [3.05, 3.63) is 55.6 Å². The molecule has 41 heavy (non-hydrogen) atoms. The van der Waals surface area contributed by atoms with Crippen LogP contribution in [0, 0.1) is 28.6 Å². The number of nitriles is 1. The van der Waals surface area contributed by atoms with E-state index < -0.39 is 6.04 Å². The number of fused-ring (bicyclic) bond motifs is 1. The van der Waals surface area contributed by atoms with Crippen LogP contribution in [0.3, 0.4) is 0 Å². The van der Waals surface area contributed by atoms with Gasteiger partial charge in [-0.25, -0.2) is 0 Å². The zero-order valence-electron chi connectivity index (χ0n) is 24.0. The highest BCUT2D eigenvalue weighted by Gasteiger charge is 2.32. The van der Waals surface area contributed by atoms with Gasteiger partial charge in [-0.2, -0.15) is 5.26 Å². The van der Waals surface area contributed by atoms with Crippen LogP contribution in [-0.2, 0) is 24.7 Å². The number of hydrogen-bond acceptors (Lipinski definition) is 7. The Bertz CT molecular complexity index is 1500. The van der Waals surface area contributed by atoms with E-state index in [0.717, 1.165) is 24.8 Å². The smallest absolute Gasteiger partial charge is 0.251 e. The highest BCUT2D eigenvalue weighted by Crippen LogP contribution is 2.44. The number of rotatable bonds is 8. The average Bonchev–Trinajstić information content (AvgIpc) is 3.45. The minimum atomic E-state index is -0.426. The lowest BCUT2D eigenvalue weighted by Gasteiger charge is -2.33. The first-order valence-corrected chi connectivity index (χ1v) is 16.0. The number of aromatic nitrogens is 3. The molecule has 8 nitrogen and oxygen atoms in total. The fourth-order valence-corrected chi connectivity index (χ4v) is 7.25. The number of benzene rings is 1. The van der Waals surface area contributed by atoms with Gasteiger partial charge in [-0.05, 0) is 60.3 Å². The predicted octanol–water partition coefficient (Wildman–Crippen LogP) is 7.06. The van der Waals surface area contributed by atoms with Crippen LogP contribution in [0.1, 0.15) is 79.3 Å². The summed E-state index contributed by atoms with van der Waals surface area (Å²) in [7, 11) is 1.81. The van der Waals surface area contributed by atoms with Gasteiger partial charge >= 0.3 is 0 Å². The molecule has 12 heteroatoms. The molecule has 218 valence electrons. The van der Waals surface area contributed by atoms with Crippen molar-refractivity contribution in [3.8, 4) is 6.07 Å². The topological polar surface area (TPSA) is 113 Å². The normalized spacial score (nSPS) is 15.8. The first-order chi connectivity index (χ1) is 19.3. The Morgan fingerprint density at radius 2 is 1.98 bits per heavy atom. The van der Waals surface area contributed by atoms with Crippen LogP contribution >= 0.6 is 46.3 Å². The van der Waals surface area contributed by atoms with E-state index in [0.29, 0.717) is 43.1 Å². The number of anilines is 1. The Morgan fingerprint density at radius 1 is 1.24 bits per heavy atom. The number of hydrogen-bond donors (Lipinski definition) is 2. The summed E-state index contributed by atoms with van der Waals surface area (Å²) in [5.74, 6) is 0.717. The maximum Gasteiger partial charge on any atom is 0.251 e. The fourth-order valence-electron chi connectivity index (χ4n) is 4.94.